The zero-order chi connectivity index (χ0) is 14.9. The molecule has 4 nitrogen and oxygen atoms in total. The minimum atomic E-state index is -0.529. The second-order valence-electron chi connectivity index (χ2n) is 5.05. The van der Waals surface area contributed by atoms with Crippen molar-refractivity contribution in [1.82, 2.24) is 10.2 Å². The van der Waals surface area contributed by atoms with Gasteiger partial charge in [-0.3, -0.25) is 0 Å². The topological polar surface area (TPSA) is 44.7 Å². The fraction of sp³-hybridized carbons (Fsp3) is 0.600. The molecule has 1 fully saturated rings. The number of hydrogen-bond donors (Lipinski definition) is 2. The van der Waals surface area contributed by atoms with Crippen molar-refractivity contribution in [3.05, 3.63) is 29.3 Å². The van der Waals surface area contributed by atoms with Crippen LogP contribution in [0.25, 0.3) is 0 Å². The van der Waals surface area contributed by atoms with Crippen LogP contribution in [0.5, 0.6) is 5.75 Å². The highest BCUT2D eigenvalue weighted by atomic mass is 35.5. The molecule has 21 heavy (non-hydrogen) atoms. The fourth-order valence-corrected chi connectivity index (χ4v) is 3.31. The quantitative estimate of drug-likeness (QED) is 0.711. The first-order valence-electron chi connectivity index (χ1n) is 7.32. The van der Waals surface area contributed by atoms with Crippen LogP contribution in [-0.2, 0) is 0 Å². The first-order chi connectivity index (χ1) is 10.3. The largest absolute Gasteiger partial charge is 0.489 e. The normalized spacial score (nSPS) is 17.6. The van der Waals surface area contributed by atoms with Gasteiger partial charge in [0.25, 0.3) is 0 Å². The molecule has 2 N–H and O–H groups in total. The second kappa shape index (κ2) is 9.54. The summed E-state index contributed by atoms with van der Waals surface area (Å²) in [7, 11) is 0. The van der Waals surface area contributed by atoms with Gasteiger partial charge in [-0.15, -0.1) is 0 Å². The van der Waals surface area contributed by atoms with E-state index in [1.54, 1.807) is 12.1 Å². The van der Waals surface area contributed by atoms with E-state index in [2.05, 4.69) is 10.2 Å². The number of halogens is 1. The third-order valence-corrected chi connectivity index (χ3v) is 4.61. The summed E-state index contributed by atoms with van der Waals surface area (Å²) in [6.45, 7) is 5.06. The van der Waals surface area contributed by atoms with Crippen molar-refractivity contribution >= 4 is 23.4 Å². The van der Waals surface area contributed by atoms with Crippen LogP contribution in [0.4, 0.5) is 0 Å². The van der Waals surface area contributed by atoms with Crippen LogP contribution in [0, 0.1) is 0 Å². The zero-order valence-electron chi connectivity index (χ0n) is 12.1. The third kappa shape index (κ3) is 6.45. The highest BCUT2D eigenvalue weighted by Gasteiger charge is 2.10. The van der Waals surface area contributed by atoms with Gasteiger partial charge in [-0.05, 0) is 12.1 Å². The first kappa shape index (κ1) is 16.9. The van der Waals surface area contributed by atoms with Crippen LogP contribution in [-0.4, -0.2) is 66.9 Å². The van der Waals surface area contributed by atoms with Gasteiger partial charge in [0.05, 0.1) is 5.02 Å². The maximum atomic E-state index is 9.89. The van der Waals surface area contributed by atoms with Gasteiger partial charge in [0.1, 0.15) is 18.5 Å². The molecule has 1 aromatic rings. The number of nitrogens with one attached hydrogen (secondary N) is 1. The number of rotatable bonds is 8. The van der Waals surface area contributed by atoms with Gasteiger partial charge in [-0.1, -0.05) is 23.7 Å². The van der Waals surface area contributed by atoms with Crippen molar-refractivity contribution in [1.29, 1.82) is 0 Å². The van der Waals surface area contributed by atoms with E-state index < -0.39 is 6.10 Å². The Labute approximate surface area is 135 Å². The summed E-state index contributed by atoms with van der Waals surface area (Å²) in [4.78, 5) is 2.45. The van der Waals surface area contributed by atoms with Crippen LogP contribution < -0.4 is 10.1 Å². The number of aliphatic hydroxyl groups is 1. The maximum absolute atomic E-state index is 9.89. The van der Waals surface area contributed by atoms with Gasteiger partial charge in [0.15, 0.2) is 0 Å². The zero-order valence-corrected chi connectivity index (χ0v) is 13.7. The molecule has 0 bridgehead atoms. The molecule has 0 spiro atoms. The van der Waals surface area contributed by atoms with Crippen LogP contribution >= 0.6 is 23.4 Å². The minimum Gasteiger partial charge on any atom is -0.489 e. The predicted molar refractivity (Wildman–Crippen MR) is 89.6 cm³/mol. The Morgan fingerprint density at radius 3 is 2.86 bits per heavy atom. The van der Waals surface area contributed by atoms with Gasteiger partial charge < -0.3 is 20.1 Å². The average Bonchev–Trinajstić information content (AvgIpc) is 2.52. The Hall–Kier alpha value is -0.460. The number of ether oxygens (including phenoxy) is 1. The molecule has 1 aliphatic heterocycles. The third-order valence-electron chi connectivity index (χ3n) is 3.36. The standard InChI is InChI=1S/C15H23ClN2O2S/c16-14-3-1-2-4-15(14)20-12-13(19)11-17-5-6-18-7-9-21-10-8-18/h1-4,13,17,19H,5-12H2. The lowest BCUT2D eigenvalue weighted by Gasteiger charge is -2.26. The van der Waals surface area contributed by atoms with E-state index in [-0.39, 0.29) is 6.61 Å². The monoisotopic (exact) mass is 330 g/mol. The van der Waals surface area contributed by atoms with Gasteiger partial charge in [-0.25, -0.2) is 0 Å². The molecule has 6 heteroatoms. The molecule has 1 saturated heterocycles. The summed E-state index contributed by atoms with van der Waals surface area (Å²) in [6, 6.07) is 7.30. The van der Waals surface area contributed by atoms with Crippen LogP contribution in [0.2, 0.25) is 5.02 Å². The number of hydrogen-bond acceptors (Lipinski definition) is 5. The number of aliphatic hydroxyl groups excluding tert-OH is 1. The van der Waals surface area contributed by atoms with Crippen LogP contribution in [0.3, 0.4) is 0 Å². The van der Waals surface area contributed by atoms with Crippen LogP contribution in [0.1, 0.15) is 0 Å². The summed E-state index contributed by atoms with van der Waals surface area (Å²) in [5.41, 5.74) is 0. The number of benzene rings is 1. The van der Waals surface area contributed by atoms with Crippen LogP contribution in [0.15, 0.2) is 24.3 Å². The van der Waals surface area contributed by atoms with Crippen molar-refractivity contribution in [2.24, 2.45) is 0 Å². The summed E-state index contributed by atoms with van der Waals surface area (Å²) in [5, 5.41) is 13.7. The molecule has 0 aliphatic carbocycles. The lowest BCUT2D eigenvalue weighted by atomic mass is 10.3. The van der Waals surface area contributed by atoms with Gasteiger partial charge >= 0.3 is 0 Å². The molecule has 0 radical (unpaired) electrons. The summed E-state index contributed by atoms with van der Waals surface area (Å²) >= 11 is 8.01. The van der Waals surface area contributed by atoms with Crippen molar-refractivity contribution in [2.75, 3.05) is 50.8 Å². The van der Waals surface area contributed by atoms with Crippen molar-refractivity contribution in [2.45, 2.75) is 6.10 Å². The Morgan fingerprint density at radius 1 is 1.33 bits per heavy atom. The average molecular weight is 331 g/mol. The Balaban J connectivity index is 1.55. The SMILES string of the molecule is OC(CNCCN1CCSCC1)COc1ccccc1Cl. The summed E-state index contributed by atoms with van der Waals surface area (Å²) < 4.78 is 5.51. The predicted octanol–water partition coefficient (Wildman–Crippen LogP) is 1.72. The van der Waals surface area contributed by atoms with E-state index >= 15 is 0 Å². The smallest absolute Gasteiger partial charge is 0.138 e. The molecular formula is C15H23ClN2O2S. The van der Waals surface area contributed by atoms with E-state index in [1.165, 1.54) is 24.6 Å². The molecular weight excluding hydrogens is 308 g/mol. The van der Waals surface area contributed by atoms with Gasteiger partial charge in [-0.2, -0.15) is 11.8 Å². The number of para-hydroxylation sites is 1. The molecule has 1 aliphatic rings. The molecule has 1 atom stereocenters. The van der Waals surface area contributed by atoms with E-state index in [1.807, 2.05) is 23.9 Å². The second-order valence-corrected chi connectivity index (χ2v) is 6.69. The lowest BCUT2D eigenvalue weighted by Crippen LogP contribution is -2.40. The number of thioether (sulfide) groups is 1. The lowest BCUT2D eigenvalue weighted by molar-refractivity contribution is 0.106. The molecule has 1 heterocycles. The van der Waals surface area contributed by atoms with Gasteiger partial charge in [0, 0.05) is 44.2 Å². The first-order valence-corrected chi connectivity index (χ1v) is 8.85. The minimum absolute atomic E-state index is 0.247. The van der Waals surface area contributed by atoms with Crippen molar-refractivity contribution in [3.8, 4) is 5.75 Å². The fourth-order valence-electron chi connectivity index (χ4n) is 2.14. The molecule has 2 rings (SSSR count). The van der Waals surface area contributed by atoms with Crippen molar-refractivity contribution in [3.63, 3.8) is 0 Å². The van der Waals surface area contributed by atoms with Crippen molar-refractivity contribution < 1.29 is 9.84 Å². The highest BCUT2D eigenvalue weighted by molar-refractivity contribution is 7.99. The summed E-state index contributed by atoms with van der Waals surface area (Å²) in [6.07, 6.45) is -0.529. The molecule has 118 valence electrons. The van der Waals surface area contributed by atoms with E-state index in [0.29, 0.717) is 17.3 Å². The molecule has 1 unspecified atom stereocenters. The van der Waals surface area contributed by atoms with E-state index in [9.17, 15) is 5.11 Å². The Bertz CT molecular complexity index is 416. The number of nitrogens with zero attached hydrogens (tertiary/aromatic N) is 1. The highest BCUT2D eigenvalue weighted by Crippen LogP contribution is 2.22. The Morgan fingerprint density at radius 2 is 2.10 bits per heavy atom. The molecule has 1 aromatic carbocycles. The Kier molecular flexibility index (Phi) is 7.68. The van der Waals surface area contributed by atoms with Gasteiger partial charge in [0.2, 0.25) is 0 Å². The van der Waals surface area contributed by atoms with E-state index in [4.69, 9.17) is 16.3 Å². The summed E-state index contributed by atoms with van der Waals surface area (Å²) in [5.74, 6) is 3.08. The molecule has 0 saturated carbocycles. The maximum Gasteiger partial charge on any atom is 0.138 e. The molecule has 0 amide bonds. The van der Waals surface area contributed by atoms with E-state index in [0.717, 1.165) is 13.1 Å². The molecule has 0 aromatic heterocycles.